The first kappa shape index (κ1) is 27.9. The van der Waals surface area contributed by atoms with E-state index in [0.717, 1.165) is 16.2 Å². The van der Waals surface area contributed by atoms with Gasteiger partial charge in [0.05, 0.1) is 5.92 Å². The van der Waals surface area contributed by atoms with Gasteiger partial charge in [-0.25, -0.2) is 26.6 Å². The lowest BCUT2D eigenvalue weighted by Crippen LogP contribution is -2.45. The lowest BCUT2D eigenvalue weighted by molar-refractivity contribution is -0.117. The molecule has 3 N–H and O–H groups in total. The maximum absolute atomic E-state index is 13.6. The highest BCUT2D eigenvalue weighted by atomic mass is 32.2. The molecule has 0 aliphatic heterocycles. The highest BCUT2D eigenvalue weighted by molar-refractivity contribution is 7.90. The van der Waals surface area contributed by atoms with Crippen molar-refractivity contribution in [3.63, 3.8) is 0 Å². The summed E-state index contributed by atoms with van der Waals surface area (Å²) in [7, 11) is -2.63. The molecule has 0 spiro atoms. The van der Waals surface area contributed by atoms with Crippen LogP contribution in [-0.2, 0) is 34.7 Å². The maximum atomic E-state index is 13.6. The summed E-state index contributed by atoms with van der Waals surface area (Å²) in [5.41, 5.74) is 0.505. The number of fused-ring (bicyclic) bond motifs is 1. The van der Waals surface area contributed by atoms with Crippen molar-refractivity contribution < 1.29 is 35.5 Å². The van der Waals surface area contributed by atoms with Crippen LogP contribution in [-0.4, -0.2) is 63.9 Å². The van der Waals surface area contributed by atoms with E-state index in [0.29, 0.717) is 24.2 Å². The summed E-state index contributed by atoms with van der Waals surface area (Å²) < 4.78 is 89.2. The molecule has 2 saturated carbocycles. The summed E-state index contributed by atoms with van der Waals surface area (Å²) in [4.78, 5) is 13.3. The van der Waals surface area contributed by atoms with E-state index in [9.17, 15) is 30.8 Å². The van der Waals surface area contributed by atoms with Crippen molar-refractivity contribution in [2.75, 3.05) is 10.6 Å². The van der Waals surface area contributed by atoms with Crippen LogP contribution in [0.25, 0.3) is 0 Å². The van der Waals surface area contributed by atoms with Crippen LogP contribution < -0.4 is 20.1 Å². The lowest BCUT2D eigenvalue weighted by atomic mass is 9.92. The molecule has 0 saturated heterocycles. The molecule has 12 nitrogen and oxygen atoms in total. The van der Waals surface area contributed by atoms with E-state index < -0.39 is 46.8 Å². The molecule has 3 aliphatic rings. The number of nitrogens with one attached hydrogen (secondary N) is 3. The van der Waals surface area contributed by atoms with Gasteiger partial charge in [0, 0.05) is 30.1 Å². The van der Waals surface area contributed by atoms with E-state index in [-0.39, 0.29) is 53.5 Å². The summed E-state index contributed by atoms with van der Waals surface area (Å²) in [6.07, 6.45) is 0.658. The number of hydrogen-bond acceptors (Lipinski definition) is 9. The SMILES string of the molecule is Cn1nc(OC(F)F)cc1Nc1nncn1[C@H]1CCc2sc(NC(=O)C3CC3F)c(S(=O)(=O)NC3CC(F)C3)c2C1. The third-order valence-electron chi connectivity index (χ3n) is 7.42. The average Bonchev–Trinajstić information content (AvgIpc) is 3.16. The summed E-state index contributed by atoms with van der Waals surface area (Å²) in [5, 5.41) is 17.7. The smallest absolute Gasteiger partial charge is 0.388 e. The second-order valence-corrected chi connectivity index (χ2v) is 13.1. The Bertz CT molecular complexity index is 1570. The van der Waals surface area contributed by atoms with Crippen LogP contribution in [0.2, 0.25) is 0 Å². The Morgan fingerprint density at radius 2 is 2.00 bits per heavy atom. The first-order valence-electron chi connectivity index (χ1n) is 12.9. The summed E-state index contributed by atoms with van der Waals surface area (Å²) in [5.74, 6) is -1.11. The molecule has 41 heavy (non-hydrogen) atoms. The Kier molecular flexibility index (Phi) is 7.17. The van der Waals surface area contributed by atoms with Gasteiger partial charge in [-0.1, -0.05) is 0 Å². The molecule has 3 aliphatic carbocycles. The molecule has 0 bridgehead atoms. The van der Waals surface area contributed by atoms with Crippen LogP contribution in [0.15, 0.2) is 17.3 Å². The van der Waals surface area contributed by atoms with Crippen molar-refractivity contribution in [3.8, 4) is 5.88 Å². The van der Waals surface area contributed by atoms with Gasteiger partial charge in [0.1, 0.15) is 34.4 Å². The van der Waals surface area contributed by atoms with Gasteiger partial charge in [-0.05, 0) is 44.1 Å². The summed E-state index contributed by atoms with van der Waals surface area (Å²) in [6, 6.07) is 0.409. The van der Waals surface area contributed by atoms with Gasteiger partial charge in [0.2, 0.25) is 27.8 Å². The van der Waals surface area contributed by atoms with E-state index >= 15 is 0 Å². The van der Waals surface area contributed by atoms with Crippen molar-refractivity contribution in [3.05, 3.63) is 22.8 Å². The molecule has 3 atom stereocenters. The molecular weight excluding hydrogens is 592 g/mol. The van der Waals surface area contributed by atoms with E-state index in [2.05, 4.69) is 35.4 Å². The number of carbonyl (C=O) groups is 1. The molecule has 222 valence electrons. The third-order valence-corrected chi connectivity index (χ3v) is 10.4. The standard InChI is InChI=1S/C23H26F4N8O4S2/c1-34-17(8-18(32-34)39-22(26)27)29-23-31-28-9-35(23)12-2-3-16-14(6-12)19(41(37,38)33-11-4-10(24)5-11)21(40-16)30-20(36)13-7-15(13)25/h8-13,15,22,33H,2-7H2,1H3,(H,29,31)(H,30,36)/t10?,11?,12-,13?,15?/m0/s1. The second kappa shape index (κ2) is 10.5. The number of nitrogens with zero attached hydrogens (tertiary/aromatic N) is 5. The van der Waals surface area contributed by atoms with Gasteiger partial charge in [-0.15, -0.1) is 26.6 Å². The second-order valence-electron chi connectivity index (χ2n) is 10.3. The predicted octanol–water partition coefficient (Wildman–Crippen LogP) is 3.22. The minimum atomic E-state index is -4.16. The Balaban J connectivity index is 1.28. The molecule has 2 fully saturated rings. The first-order valence-corrected chi connectivity index (χ1v) is 15.2. The molecule has 18 heteroatoms. The number of aryl methyl sites for hydroxylation is 2. The van der Waals surface area contributed by atoms with Crippen molar-refractivity contribution >= 4 is 44.0 Å². The molecule has 1 amide bonds. The fourth-order valence-corrected chi connectivity index (χ4v) is 8.36. The number of aromatic nitrogens is 5. The fourth-order valence-electron chi connectivity index (χ4n) is 5.13. The first-order chi connectivity index (χ1) is 19.5. The number of amides is 1. The number of alkyl halides is 4. The van der Waals surface area contributed by atoms with Gasteiger partial charge >= 0.3 is 6.61 Å². The van der Waals surface area contributed by atoms with Gasteiger partial charge in [0.15, 0.2) is 0 Å². The number of hydrogen-bond donors (Lipinski definition) is 3. The Hall–Kier alpha value is -3.25. The number of rotatable bonds is 10. The summed E-state index contributed by atoms with van der Waals surface area (Å²) >= 11 is 1.14. The van der Waals surface area contributed by atoms with Crippen molar-refractivity contribution in [1.82, 2.24) is 29.3 Å². The van der Waals surface area contributed by atoms with Gasteiger partial charge in [-0.2, -0.15) is 8.78 Å². The minimum absolute atomic E-state index is 0.0648. The molecule has 3 aromatic rings. The van der Waals surface area contributed by atoms with Crippen LogP contribution >= 0.6 is 11.3 Å². The topological polar surface area (TPSA) is 145 Å². The van der Waals surface area contributed by atoms with Crippen molar-refractivity contribution in [2.24, 2.45) is 13.0 Å². The Morgan fingerprint density at radius 3 is 2.68 bits per heavy atom. The van der Waals surface area contributed by atoms with Crippen LogP contribution in [0, 0.1) is 5.92 Å². The number of halogens is 4. The number of sulfonamides is 1. The minimum Gasteiger partial charge on any atom is -0.415 e. The normalized spacial score (nSPS) is 25.5. The van der Waals surface area contributed by atoms with E-state index in [1.54, 1.807) is 4.57 Å². The highest BCUT2D eigenvalue weighted by Gasteiger charge is 2.45. The zero-order chi connectivity index (χ0) is 29.1. The third kappa shape index (κ3) is 5.63. The molecule has 6 rings (SSSR count). The Morgan fingerprint density at radius 1 is 1.24 bits per heavy atom. The molecule has 0 radical (unpaired) electrons. The van der Waals surface area contributed by atoms with Crippen LogP contribution in [0.3, 0.4) is 0 Å². The predicted molar refractivity (Wildman–Crippen MR) is 138 cm³/mol. The quantitative estimate of drug-likeness (QED) is 0.294. The van der Waals surface area contributed by atoms with E-state index in [1.165, 1.54) is 24.1 Å². The number of anilines is 3. The molecule has 0 aromatic carbocycles. The lowest BCUT2D eigenvalue weighted by Gasteiger charge is -2.30. The number of ether oxygens (including phenoxy) is 1. The van der Waals surface area contributed by atoms with E-state index in [1.807, 2.05) is 0 Å². The van der Waals surface area contributed by atoms with Crippen LogP contribution in [0.4, 0.5) is 34.3 Å². The molecule has 3 heterocycles. The zero-order valence-electron chi connectivity index (χ0n) is 21.6. The summed E-state index contributed by atoms with van der Waals surface area (Å²) in [6.45, 7) is -3.04. The van der Waals surface area contributed by atoms with Gasteiger partial charge in [0.25, 0.3) is 0 Å². The van der Waals surface area contributed by atoms with Crippen LogP contribution in [0.1, 0.15) is 42.2 Å². The van der Waals surface area contributed by atoms with Gasteiger partial charge in [-0.3, -0.25) is 9.36 Å². The largest absolute Gasteiger partial charge is 0.415 e. The van der Waals surface area contributed by atoms with Crippen molar-refractivity contribution in [1.29, 1.82) is 0 Å². The molecular formula is C23H26F4N8O4S2. The van der Waals surface area contributed by atoms with Crippen LogP contribution in [0.5, 0.6) is 5.88 Å². The number of carbonyl (C=O) groups excluding carboxylic acids is 1. The molecule has 2 unspecified atom stereocenters. The number of thiophene rings is 1. The Labute approximate surface area is 235 Å². The average molecular weight is 619 g/mol. The monoisotopic (exact) mass is 618 g/mol. The highest BCUT2D eigenvalue weighted by Crippen LogP contribution is 2.45. The van der Waals surface area contributed by atoms with Gasteiger partial charge < -0.3 is 15.4 Å². The van der Waals surface area contributed by atoms with Crippen molar-refractivity contribution in [2.45, 2.75) is 74.5 Å². The maximum Gasteiger partial charge on any atom is 0.388 e. The van der Waals surface area contributed by atoms with E-state index in [4.69, 9.17) is 0 Å². The zero-order valence-corrected chi connectivity index (χ0v) is 23.2. The fraction of sp³-hybridized carbons (Fsp3) is 0.565. The molecule has 3 aromatic heterocycles.